The molecule has 0 spiro atoms. The number of hydrogen-bond acceptors (Lipinski definition) is 2. The van der Waals surface area contributed by atoms with E-state index in [2.05, 4.69) is 26.1 Å². The zero-order valence-corrected chi connectivity index (χ0v) is 12.4. The van der Waals surface area contributed by atoms with Crippen molar-refractivity contribution in [1.82, 2.24) is 5.32 Å². The Bertz CT molecular complexity index is 248. The Labute approximate surface area is 113 Å². The van der Waals surface area contributed by atoms with Gasteiger partial charge in [0, 0.05) is 12.6 Å². The zero-order valence-electron chi connectivity index (χ0n) is 12.4. The Morgan fingerprint density at radius 3 is 2.11 bits per heavy atom. The lowest BCUT2D eigenvalue weighted by Crippen LogP contribution is -2.51. The molecule has 0 radical (unpaired) electrons. The molecule has 2 unspecified atom stereocenters. The van der Waals surface area contributed by atoms with Gasteiger partial charge in [0.15, 0.2) is 0 Å². The molecule has 0 bridgehead atoms. The van der Waals surface area contributed by atoms with Crippen LogP contribution in [0.3, 0.4) is 0 Å². The normalized spacial score (nSPS) is 46.0. The first-order valence-electron chi connectivity index (χ1n) is 7.96. The number of aliphatic hydroxyl groups is 1. The molecule has 0 aromatic rings. The molecule has 0 saturated heterocycles. The van der Waals surface area contributed by atoms with Crippen LogP contribution in [0.5, 0.6) is 0 Å². The fourth-order valence-electron chi connectivity index (χ4n) is 3.87. The van der Waals surface area contributed by atoms with Crippen LogP contribution in [-0.4, -0.2) is 23.3 Å². The first-order valence-corrected chi connectivity index (χ1v) is 7.96. The summed E-state index contributed by atoms with van der Waals surface area (Å²) < 4.78 is 0. The van der Waals surface area contributed by atoms with Crippen molar-refractivity contribution in [1.29, 1.82) is 0 Å². The van der Waals surface area contributed by atoms with Crippen molar-refractivity contribution < 1.29 is 5.11 Å². The average Bonchev–Trinajstić information content (AvgIpc) is 2.33. The summed E-state index contributed by atoms with van der Waals surface area (Å²) in [5, 5.41) is 14.3. The van der Waals surface area contributed by atoms with E-state index in [4.69, 9.17) is 0 Å². The van der Waals surface area contributed by atoms with Crippen molar-refractivity contribution in [2.24, 2.45) is 17.8 Å². The van der Waals surface area contributed by atoms with Gasteiger partial charge in [-0.1, -0.05) is 27.2 Å². The summed E-state index contributed by atoms with van der Waals surface area (Å²) in [7, 11) is 0. The maximum atomic E-state index is 10.6. The summed E-state index contributed by atoms with van der Waals surface area (Å²) in [6.45, 7) is 7.83. The third-order valence-corrected chi connectivity index (χ3v) is 5.42. The summed E-state index contributed by atoms with van der Waals surface area (Å²) in [4.78, 5) is 0. The van der Waals surface area contributed by atoms with Crippen LogP contribution in [0, 0.1) is 17.8 Å². The van der Waals surface area contributed by atoms with E-state index in [1.54, 1.807) is 0 Å². The predicted molar refractivity (Wildman–Crippen MR) is 76.6 cm³/mol. The minimum atomic E-state index is -0.427. The Balaban J connectivity index is 1.82. The second kappa shape index (κ2) is 5.92. The summed E-state index contributed by atoms with van der Waals surface area (Å²) in [6.07, 6.45) is 8.41. The smallest absolute Gasteiger partial charge is 0.0771 e. The van der Waals surface area contributed by atoms with Crippen LogP contribution in [0.1, 0.15) is 65.7 Å². The van der Waals surface area contributed by atoms with Gasteiger partial charge in [-0.25, -0.2) is 0 Å². The molecule has 0 aromatic carbocycles. The standard InChI is InChI=1S/C16H31NO/c1-12-7-9-16(18,10-8-12)11-17-15-13(2)5-4-6-14(15)3/h12-15,17-18H,4-11H2,1-3H3. The molecule has 2 aliphatic rings. The maximum absolute atomic E-state index is 10.6. The molecule has 106 valence electrons. The first-order chi connectivity index (χ1) is 8.50. The minimum absolute atomic E-state index is 0.427. The van der Waals surface area contributed by atoms with Gasteiger partial charge in [-0.15, -0.1) is 0 Å². The minimum Gasteiger partial charge on any atom is -0.389 e. The highest BCUT2D eigenvalue weighted by Gasteiger charge is 2.34. The van der Waals surface area contributed by atoms with Gasteiger partial charge in [0.1, 0.15) is 0 Å². The van der Waals surface area contributed by atoms with Crippen molar-refractivity contribution in [3.63, 3.8) is 0 Å². The van der Waals surface area contributed by atoms with Crippen molar-refractivity contribution in [3.8, 4) is 0 Å². The van der Waals surface area contributed by atoms with E-state index in [0.29, 0.717) is 6.04 Å². The van der Waals surface area contributed by atoms with E-state index in [9.17, 15) is 5.11 Å². The molecule has 2 fully saturated rings. The lowest BCUT2D eigenvalue weighted by molar-refractivity contribution is -0.0125. The molecule has 2 rings (SSSR count). The van der Waals surface area contributed by atoms with E-state index >= 15 is 0 Å². The second-order valence-electron chi connectivity index (χ2n) is 7.20. The van der Waals surface area contributed by atoms with Gasteiger partial charge in [0.2, 0.25) is 0 Å². The van der Waals surface area contributed by atoms with Crippen molar-refractivity contribution in [2.75, 3.05) is 6.54 Å². The van der Waals surface area contributed by atoms with Gasteiger partial charge in [-0.3, -0.25) is 0 Å². The molecule has 0 aliphatic heterocycles. The zero-order chi connectivity index (χ0) is 13.2. The molecule has 0 heterocycles. The molecule has 2 aliphatic carbocycles. The lowest BCUT2D eigenvalue weighted by atomic mass is 9.77. The lowest BCUT2D eigenvalue weighted by Gasteiger charge is -2.40. The van der Waals surface area contributed by atoms with Crippen LogP contribution < -0.4 is 5.32 Å². The van der Waals surface area contributed by atoms with Crippen LogP contribution in [0.2, 0.25) is 0 Å². The highest BCUT2D eigenvalue weighted by molar-refractivity contribution is 4.90. The van der Waals surface area contributed by atoms with E-state index < -0.39 is 5.60 Å². The third-order valence-electron chi connectivity index (χ3n) is 5.42. The molecule has 2 nitrogen and oxygen atoms in total. The number of rotatable bonds is 3. The molecular weight excluding hydrogens is 222 g/mol. The van der Waals surface area contributed by atoms with Crippen LogP contribution in [-0.2, 0) is 0 Å². The fraction of sp³-hybridized carbons (Fsp3) is 1.00. The second-order valence-corrected chi connectivity index (χ2v) is 7.20. The van der Waals surface area contributed by atoms with E-state index in [1.807, 2.05) is 0 Å². The van der Waals surface area contributed by atoms with Gasteiger partial charge in [0.05, 0.1) is 5.60 Å². The summed E-state index contributed by atoms with van der Waals surface area (Å²) >= 11 is 0. The van der Waals surface area contributed by atoms with Crippen LogP contribution >= 0.6 is 0 Å². The summed E-state index contributed by atoms with van der Waals surface area (Å²) in [5.41, 5.74) is -0.427. The largest absolute Gasteiger partial charge is 0.389 e. The van der Waals surface area contributed by atoms with Gasteiger partial charge < -0.3 is 10.4 Å². The Hall–Kier alpha value is -0.0800. The SMILES string of the molecule is CC1CCC(O)(CNC2C(C)CCCC2C)CC1. The number of hydrogen-bond donors (Lipinski definition) is 2. The summed E-state index contributed by atoms with van der Waals surface area (Å²) in [5.74, 6) is 2.33. The van der Waals surface area contributed by atoms with Gasteiger partial charge in [-0.05, 0) is 56.3 Å². The van der Waals surface area contributed by atoms with Crippen molar-refractivity contribution >= 4 is 0 Å². The fourth-order valence-corrected chi connectivity index (χ4v) is 3.87. The molecule has 2 N–H and O–H groups in total. The molecule has 18 heavy (non-hydrogen) atoms. The highest BCUT2D eigenvalue weighted by atomic mass is 16.3. The third kappa shape index (κ3) is 3.48. The van der Waals surface area contributed by atoms with Gasteiger partial charge in [0.25, 0.3) is 0 Å². The first kappa shape index (κ1) is 14.3. The Morgan fingerprint density at radius 2 is 1.56 bits per heavy atom. The van der Waals surface area contributed by atoms with Crippen LogP contribution in [0.15, 0.2) is 0 Å². The molecule has 2 atom stereocenters. The number of nitrogens with one attached hydrogen (secondary N) is 1. The topological polar surface area (TPSA) is 32.3 Å². The maximum Gasteiger partial charge on any atom is 0.0771 e. The van der Waals surface area contributed by atoms with Crippen LogP contribution in [0.25, 0.3) is 0 Å². The average molecular weight is 253 g/mol. The van der Waals surface area contributed by atoms with Gasteiger partial charge >= 0.3 is 0 Å². The quantitative estimate of drug-likeness (QED) is 0.808. The van der Waals surface area contributed by atoms with E-state index in [1.165, 1.54) is 32.1 Å². The highest BCUT2D eigenvalue weighted by Crippen LogP contribution is 2.33. The molecule has 2 saturated carbocycles. The molecular formula is C16H31NO. The summed E-state index contributed by atoms with van der Waals surface area (Å²) in [6, 6.07) is 0.613. The van der Waals surface area contributed by atoms with E-state index in [0.717, 1.165) is 37.1 Å². The predicted octanol–water partition coefficient (Wildman–Crippen LogP) is 3.34. The Kier molecular flexibility index (Phi) is 4.71. The van der Waals surface area contributed by atoms with Crippen molar-refractivity contribution in [2.45, 2.75) is 77.4 Å². The Morgan fingerprint density at radius 1 is 1.00 bits per heavy atom. The molecule has 0 amide bonds. The molecule has 2 heteroatoms. The molecule has 0 aromatic heterocycles. The monoisotopic (exact) mass is 253 g/mol. The van der Waals surface area contributed by atoms with E-state index in [-0.39, 0.29) is 0 Å². The van der Waals surface area contributed by atoms with Crippen molar-refractivity contribution in [3.05, 3.63) is 0 Å². The van der Waals surface area contributed by atoms with Gasteiger partial charge in [-0.2, -0.15) is 0 Å². The van der Waals surface area contributed by atoms with Crippen LogP contribution in [0.4, 0.5) is 0 Å².